The summed E-state index contributed by atoms with van der Waals surface area (Å²) >= 11 is 5.71. The van der Waals surface area contributed by atoms with Crippen molar-refractivity contribution in [2.24, 2.45) is 11.8 Å². The van der Waals surface area contributed by atoms with Crippen molar-refractivity contribution < 1.29 is 9.18 Å². The highest BCUT2D eigenvalue weighted by Gasteiger charge is 2.25. The lowest BCUT2D eigenvalue weighted by Crippen LogP contribution is -2.30. The minimum Gasteiger partial charge on any atom is -0.315 e. The molecule has 1 fully saturated rings. The van der Waals surface area contributed by atoms with Crippen LogP contribution in [0.15, 0.2) is 18.2 Å². The van der Waals surface area contributed by atoms with Gasteiger partial charge < -0.3 is 5.32 Å². The van der Waals surface area contributed by atoms with Crippen molar-refractivity contribution >= 4 is 17.4 Å². The van der Waals surface area contributed by atoms with Crippen LogP contribution in [0.5, 0.6) is 0 Å². The van der Waals surface area contributed by atoms with Crippen molar-refractivity contribution in [3.05, 3.63) is 34.6 Å². The molecular formula is C16H21ClFNO. The number of ketones is 1. The van der Waals surface area contributed by atoms with Gasteiger partial charge in [0.1, 0.15) is 11.6 Å². The predicted octanol–water partition coefficient (Wildman–Crippen LogP) is 3.79. The third-order valence-electron chi connectivity index (χ3n) is 3.74. The second-order valence-electron chi connectivity index (χ2n) is 5.88. The SMILES string of the molecule is CC(C)C(=O)C(CNCC1CC1)c1ccc(Cl)c(F)c1. The van der Waals surface area contributed by atoms with Crippen LogP contribution in [0.25, 0.3) is 0 Å². The van der Waals surface area contributed by atoms with Crippen LogP contribution in [0.2, 0.25) is 5.02 Å². The fourth-order valence-electron chi connectivity index (χ4n) is 2.27. The van der Waals surface area contributed by atoms with E-state index >= 15 is 0 Å². The molecule has 1 aliphatic rings. The van der Waals surface area contributed by atoms with E-state index in [-0.39, 0.29) is 22.6 Å². The third-order valence-corrected chi connectivity index (χ3v) is 4.04. The number of hydrogen-bond donors (Lipinski definition) is 1. The molecule has 0 aliphatic heterocycles. The highest BCUT2D eigenvalue weighted by molar-refractivity contribution is 6.30. The van der Waals surface area contributed by atoms with Crippen LogP contribution in [0.3, 0.4) is 0 Å². The van der Waals surface area contributed by atoms with E-state index < -0.39 is 5.82 Å². The number of carbonyl (C=O) groups is 1. The maximum atomic E-state index is 13.6. The molecule has 0 aromatic heterocycles. The predicted molar refractivity (Wildman–Crippen MR) is 79.6 cm³/mol. The summed E-state index contributed by atoms with van der Waals surface area (Å²) in [7, 11) is 0. The molecule has 2 nitrogen and oxygen atoms in total. The zero-order valence-electron chi connectivity index (χ0n) is 12.0. The molecule has 110 valence electrons. The van der Waals surface area contributed by atoms with Crippen molar-refractivity contribution in [2.45, 2.75) is 32.6 Å². The van der Waals surface area contributed by atoms with Crippen molar-refractivity contribution in [3.8, 4) is 0 Å². The molecule has 1 aliphatic carbocycles. The molecule has 2 rings (SSSR count). The van der Waals surface area contributed by atoms with Crippen molar-refractivity contribution in [3.63, 3.8) is 0 Å². The first-order chi connectivity index (χ1) is 9.49. The van der Waals surface area contributed by atoms with Crippen molar-refractivity contribution in [1.82, 2.24) is 5.32 Å². The van der Waals surface area contributed by atoms with Gasteiger partial charge in [-0.15, -0.1) is 0 Å². The molecule has 0 amide bonds. The Hall–Kier alpha value is -0.930. The van der Waals surface area contributed by atoms with Gasteiger partial charge in [0, 0.05) is 12.5 Å². The lowest BCUT2D eigenvalue weighted by Gasteiger charge is -2.19. The Morgan fingerprint density at radius 1 is 1.45 bits per heavy atom. The Labute approximate surface area is 124 Å². The molecule has 20 heavy (non-hydrogen) atoms. The van der Waals surface area contributed by atoms with Gasteiger partial charge in [-0.05, 0) is 43.0 Å². The highest BCUT2D eigenvalue weighted by atomic mass is 35.5. The van der Waals surface area contributed by atoms with Crippen LogP contribution in [0.1, 0.15) is 38.2 Å². The smallest absolute Gasteiger partial charge is 0.144 e. The van der Waals surface area contributed by atoms with Gasteiger partial charge in [0.25, 0.3) is 0 Å². The molecule has 0 spiro atoms. The van der Waals surface area contributed by atoms with Gasteiger partial charge in [0.05, 0.1) is 10.9 Å². The van der Waals surface area contributed by atoms with Gasteiger partial charge in [0.15, 0.2) is 0 Å². The molecule has 0 saturated heterocycles. The largest absolute Gasteiger partial charge is 0.315 e. The van der Waals surface area contributed by atoms with Gasteiger partial charge in [-0.1, -0.05) is 31.5 Å². The molecule has 4 heteroatoms. The van der Waals surface area contributed by atoms with E-state index in [1.165, 1.54) is 25.0 Å². The summed E-state index contributed by atoms with van der Waals surface area (Å²) in [6.45, 7) is 5.26. The first kappa shape index (κ1) is 15.5. The van der Waals surface area contributed by atoms with Crippen LogP contribution in [0.4, 0.5) is 4.39 Å². The summed E-state index contributed by atoms with van der Waals surface area (Å²) in [6.07, 6.45) is 2.54. The molecule has 0 bridgehead atoms. The van der Waals surface area contributed by atoms with Crippen molar-refractivity contribution in [2.75, 3.05) is 13.1 Å². The minimum absolute atomic E-state index is 0.0681. The second kappa shape index (κ2) is 6.68. The molecule has 1 N–H and O–H groups in total. The Bertz CT molecular complexity index is 485. The zero-order chi connectivity index (χ0) is 14.7. The van der Waals surface area contributed by atoms with Gasteiger partial charge in [-0.25, -0.2) is 4.39 Å². The van der Waals surface area contributed by atoms with E-state index in [0.29, 0.717) is 12.1 Å². The lowest BCUT2D eigenvalue weighted by atomic mass is 9.88. The number of carbonyl (C=O) groups excluding carboxylic acids is 1. The van der Waals surface area contributed by atoms with Crippen molar-refractivity contribution in [1.29, 1.82) is 0 Å². The lowest BCUT2D eigenvalue weighted by molar-refractivity contribution is -0.123. The van der Waals surface area contributed by atoms with E-state index in [4.69, 9.17) is 11.6 Å². The fraction of sp³-hybridized carbons (Fsp3) is 0.562. The van der Waals surface area contributed by atoms with E-state index in [0.717, 1.165) is 12.5 Å². The summed E-state index contributed by atoms with van der Waals surface area (Å²) in [5.41, 5.74) is 0.703. The summed E-state index contributed by atoms with van der Waals surface area (Å²) in [5, 5.41) is 3.43. The van der Waals surface area contributed by atoms with Crippen LogP contribution in [0, 0.1) is 17.7 Å². The quantitative estimate of drug-likeness (QED) is 0.829. The molecule has 1 atom stereocenters. The Balaban J connectivity index is 2.10. The standard InChI is InChI=1S/C16H21ClFNO/c1-10(2)16(20)13(9-19-8-11-3-4-11)12-5-6-14(17)15(18)7-12/h5-7,10-11,13,19H,3-4,8-9H2,1-2H3. The van der Waals surface area contributed by atoms with Gasteiger partial charge in [-0.2, -0.15) is 0 Å². The molecule has 0 heterocycles. The van der Waals surface area contributed by atoms with E-state index in [1.54, 1.807) is 6.07 Å². The summed E-state index contributed by atoms with van der Waals surface area (Å²) in [5.74, 6) is 0.0525. The molecule has 1 aromatic rings. The van der Waals surface area contributed by atoms with E-state index in [1.807, 2.05) is 13.8 Å². The normalized spacial score (nSPS) is 16.4. The molecule has 1 aromatic carbocycles. The van der Waals surface area contributed by atoms with Crippen LogP contribution in [-0.4, -0.2) is 18.9 Å². The molecular weight excluding hydrogens is 277 g/mol. The molecule has 1 saturated carbocycles. The molecule has 0 radical (unpaired) electrons. The third kappa shape index (κ3) is 4.03. The average molecular weight is 298 g/mol. The number of Topliss-reactive ketones (excluding diaryl/α,β-unsaturated/α-hetero) is 1. The number of hydrogen-bond acceptors (Lipinski definition) is 2. The molecule has 1 unspecified atom stereocenters. The minimum atomic E-state index is -0.465. The number of nitrogens with one attached hydrogen (secondary N) is 1. The van der Waals surface area contributed by atoms with E-state index in [9.17, 15) is 9.18 Å². The number of benzene rings is 1. The first-order valence-corrected chi connectivity index (χ1v) is 7.56. The Morgan fingerprint density at radius 2 is 2.15 bits per heavy atom. The van der Waals surface area contributed by atoms with Gasteiger partial charge in [0.2, 0.25) is 0 Å². The topological polar surface area (TPSA) is 29.1 Å². The summed E-state index contributed by atoms with van der Waals surface area (Å²) in [6, 6.07) is 4.65. The van der Waals surface area contributed by atoms with Crippen LogP contribution < -0.4 is 5.32 Å². The maximum absolute atomic E-state index is 13.6. The van der Waals surface area contributed by atoms with Gasteiger partial charge in [-0.3, -0.25) is 4.79 Å². The second-order valence-corrected chi connectivity index (χ2v) is 6.29. The monoisotopic (exact) mass is 297 g/mol. The fourth-order valence-corrected chi connectivity index (χ4v) is 2.39. The summed E-state index contributed by atoms with van der Waals surface area (Å²) in [4.78, 5) is 12.3. The maximum Gasteiger partial charge on any atom is 0.144 e. The van der Waals surface area contributed by atoms with Gasteiger partial charge >= 0.3 is 0 Å². The summed E-state index contributed by atoms with van der Waals surface area (Å²) < 4.78 is 13.6. The Morgan fingerprint density at radius 3 is 2.70 bits per heavy atom. The average Bonchev–Trinajstić information content (AvgIpc) is 3.21. The van der Waals surface area contributed by atoms with Crippen LogP contribution >= 0.6 is 11.6 Å². The number of halogens is 2. The Kier molecular flexibility index (Phi) is 5.17. The zero-order valence-corrected chi connectivity index (χ0v) is 12.7. The first-order valence-electron chi connectivity index (χ1n) is 7.18. The van der Waals surface area contributed by atoms with E-state index in [2.05, 4.69) is 5.32 Å². The van der Waals surface area contributed by atoms with Crippen LogP contribution in [-0.2, 0) is 4.79 Å². The highest BCUT2D eigenvalue weighted by Crippen LogP contribution is 2.28. The number of rotatable bonds is 7.